The van der Waals surface area contributed by atoms with Crippen molar-refractivity contribution in [2.45, 2.75) is 70.9 Å². The van der Waals surface area contributed by atoms with Crippen LogP contribution in [0.15, 0.2) is 73.1 Å². The molecule has 0 saturated carbocycles. The minimum Gasteiger partial charge on any atom is -0.492 e. The van der Waals surface area contributed by atoms with Crippen molar-refractivity contribution >= 4 is 18.0 Å². The Hall–Kier alpha value is -4.49. The van der Waals surface area contributed by atoms with Gasteiger partial charge in [0.15, 0.2) is 12.6 Å². The van der Waals surface area contributed by atoms with Crippen molar-refractivity contribution < 1.29 is 42.7 Å². The average molecular weight is 676 g/mol. The van der Waals surface area contributed by atoms with Crippen molar-refractivity contribution in [3.05, 3.63) is 95.6 Å². The van der Waals surface area contributed by atoms with Crippen LogP contribution in [-0.2, 0) is 30.2 Å². The first-order valence-corrected chi connectivity index (χ1v) is 16.4. The summed E-state index contributed by atoms with van der Waals surface area (Å²) in [7, 11) is 1.50. The van der Waals surface area contributed by atoms with E-state index in [-0.39, 0.29) is 24.0 Å². The summed E-state index contributed by atoms with van der Waals surface area (Å²) in [5, 5.41) is 3.27. The number of aromatic amines is 1. The van der Waals surface area contributed by atoms with Crippen molar-refractivity contribution in [3.63, 3.8) is 0 Å². The van der Waals surface area contributed by atoms with E-state index in [4.69, 9.17) is 33.2 Å². The van der Waals surface area contributed by atoms with Gasteiger partial charge in [-0.25, -0.2) is 14.6 Å². The Morgan fingerprint density at radius 1 is 1.10 bits per heavy atom. The highest BCUT2D eigenvalue weighted by Crippen LogP contribution is 2.36. The minimum absolute atomic E-state index is 0.0839. The molecule has 5 rings (SSSR count). The van der Waals surface area contributed by atoms with E-state index >= 15 is 0 Å². The molecule has 0 aliphatic carbocycles. The Labute approximate surface area is 286 Å². The molecule has 3 aromatic rings. The lowest BCUT2D eigenvalue weighted by atomic mass is 9.98. The van der Waals surface area contributed by atoms with Crippen LogP contribution in [0.5, 0.6) is 11.5 Å². The number of nitrogens with zero attached hydrogens (tertiary/aromatic N) is 1. The van der Waals surface area contributed by atoms with E-state index in [9.17, 15) is 9.59 Å². The number of benzene rings is 2. The predicted octanol–water partition coefficient (Wildman–Crippen LogP) is 5.46. The molecule has 12 nitrogen and oxygen atoms in total. The number of carbonyl (C=O) groups is 2. The molecule has 0 bridgehead atoms. The molecule has 2 aromatic carbocycles. The predicted molar refractivity (Wildman–Crippen MR) is 181 cm³/mol. The summed E-state index contributed by atoms with van der Waals surface area (Å²) < 4.78 is 41.8. The maximum Gasteiger partial charge on any atom is 0.342 e. The zero-order valence-corrected chi connectivity index (χ0v) is 28.5. The largest absolute Gasteiger partial charge is 0.492 e. The summed E-state index contributed by atoms with van der Waals surface area (Å²) in [6, 6.07) is 12.2. The van der Waals surface area contributed by atoms with E-state index in [1.807, 2.05) is 52.0 Å². The van der Waals surface area contributed by atoms with Crippen molar-refractivity contribution in [2.24, 2.45) is 5.92 Å². The molecule has 1 fully saturated rings. The molecule has 1 unspecified atom stereocenters. The molecule has 2 N–H and O–H groups in total. The number of aromatic nitrogens is 2. The zero-order valence-electron chi connectivity index (χ0n) is 28.5. The second kappa shape index (κ2) is 16.8. The molecule has 262 valence electrons. The molecule has 5 atom stereocenters. The number of fused-ring (bicyclic) bond motifs is 2. The van der Waals surface area contributed by atoms with E-state index in [1.165, 1.54) is 7.11 Å². The van der Waals surface area contributed by atoms with Gasteiger partial charge in [-0.3, -0.25) is 0 Å². The number of hydrogen-bond donors (Lipinski definition) is 2. The monoisotopic (exact) mass is 675 g/mol. The number of rotatable bonds is 11. The van der Waals surface area contributed by atoms with Crippen LogP contribution in [0.3, 0.4) is 0 Å². The normalized spacial score (nSPS) is 24.8. The number of esters is 2. The number of ether oxygens (including phenoxy) is 7. The van der Waals surface area contributed by atoms with Gasteiger partial charge < -0.3 is 43.5 Å². The quantitative estimate of drug-likeness (QED) is 0.116. The van der Waals surface area contributed by atoms with Crippen LogP contribution in [0.4, 0.5) is 0 Å². The van der Waals surface area contributed by atoms with Crippen molar-refractivity contribution in [3.8, 4) is 11.5 Å². The maximum absolute atomic E-state index is 13.8. The lowest BCUT2D eigenvalue weighted by molar-refractivity contribution is -0.152. The topological polar surface area (TPSA) is 139 Å². The van der Waals surface area contributed by atoms with Crippen molar-refractivity contribution in [2.75, 3.05) is 27.1 Å². The summed E-state index contributed by atoms with van der Waals surface area (Å²) >= 11 is 0. The lowest BCUT2D eigenvalue weighted by Crippen LogP contribution is -2.37. The highest BCUT2D eigenvalue weighted by molar-refractivity contribution is 5.97. The number of nitrogens with one attached hydrogen (secondary N) is 2. The van der Waals surface area contributed by atoms with Gasteiger partial charge in [-0.15, -0.1) is 0 Å². The summed E-state index contributed by atoms with van der Waals surface area (Å²) in [5.41, 5.74) is 1.20. The van der Waals surface area contributed by atoms with Crippen LogP contribution in [0.25, 0.3) is 6.08 Å². The first kappa shape index (κ1) is 35.8. The van der Waals surface area contributed by atoms with Crippen molar-refractivity contribution in [1.29, 1.82) is 0 Å². The first-order valence-electron chi connectivity index (χ1n) is 16.4. The van der Waals surface area contributed by atoms with E-state index < -0.39 is 42.1 Å². The van der Waals surface area contributed by atoms with Gasteiger partial charge in [-0.1, -0.05) is 43.4 Å². The lowest BCUT2D eigenvalue weighted by Gasteiger charge is -2.25. The van der Waals surface area contributed by atoms with Gasteiger partial charge in [0.25, 0.3) is 0 Å². The first-order chi connectivity index (χ1) is 23.6. The number of cyclic esters (lactones) is 1. The van der Waals surface area contributed by atoms with E-state index in [2.05, 4.69) is 15.3 Å². The summed E-state index contributed by atoms with van der Waals surface area (Å²) in [5.74, 6) is -0.626. The maximum atomic E-state index is 13.8. The molecule has 0 spiro atoms. The number of methoxy groups -OCH3 is 1. The SMILES string of the molecule is COCOc1cc(OCCNCc2ncc[nH]2)cc2c1C(=O)O[C@@H](C)[C@H](C)/C=C\C(OC(=O)c1ccccc1)[C@H]1OC(C)(C)O[C@H]1C/C=C/2. The third-order valence-electron chi connectivity index (χ3n) is 8.14. The van der Waals surface area contributed by atoms with Crippen molar-refractivity contribution in [1.82, 2.24) is 15.3 Å². The fraction of sp³-hybridized carbons (Fsp3) is 0.432. The van der Waals surface area contributed by atoms with Gasteiger partial charge >= 0.3 is 11.9 Å². The fourth-order valence-electron chi connectivity index (χ4n) is 5.53. The number of imidazole rings is 1. The van der Waals surface area contributed by atoms with Gasteiger partial charge in [0, 0.05) is 38.0 Å². The minimum atomic E-state index is -0.925. The second-order valence-corrected chi connectivity index (χ2v) is 12.4. The smallest absolute Gasteiger partial charge is 0.342 e. The van der Waals surface area contributed by atoms with Crippen LogP contribution in [-0.4, -0.2) is 79.2 Å². The molecular formula is C37H45N3O9. The van der Waals surface area contributed by atoms with E-state index in [0.717, 1.165) is 5.82 Å². The molecule has 12 heteroatoms. The standard InChI is InChI=1S/C37H45N3O9/c1-24-14-15-29(47-35(41)26-10-7-6-8-11-26)34-30(48-37(3,4)49-34)13-9-12-27-20-28(44-19-18-38-22-32-39-16-17-40-32)21-31(45-23-43-5)33(27)36(42)46-25(24)2/h6-12,14-17,20-21,24-25,29-30,34,38H,13,18-19,22-23H2,1-5H3,(H,39,40)/b12-9+,15-14-/t24-,25+,29?,30+,34-/m1/s1. The van der Waals surface area contributed by atoms with Gasteiger partial charge in [-0.2, -0.15) is 0 Å². The molecule has 1 aromatic heterocycles. The average Bonchev–Trinajstić information content (AvgIpc) is 3.71. The highest BCUT2D eigenvalue weighted by atomic mass is 16.8. The molecule has 3 heterocycles. The Kier molecular flexibility index (Phi) is 12.2. The third kappa shape index (κ3) is 9.79. The van der Waals surface area contributed by atoms with E-state index in [0.29, 0.717) is 43.0 Å². The second-order valence-electron chi connectivity index (χ2n) is 12.4. The number of carbonyl (C=O) groups excluding carboxylic acids is 2. The van der Waals surface area contributed by atoms with Crippen LogP contribution in [0.2, 0.25) is 0 Å². The van der Waals surface area contributed by atoms with Crippen LogP contribution in [0.1, 0.15) is 66.2 Å². The number of hydrogen-bond acceptors (Lipinski definition) is 11. The Bertz CT molecular complexity index is 1590. The Morgan fingerprint density at radius 2 is 1.92 bits per heavy atom. The Morgan fingerprint density at radius 3 is 2.67 bits per heavy atom. The Balaban J connectivity index is 1.44. The molecular weight excluding hydrogens is 630 g/mol. The van der Waals surface area contributed by atoms with Gasteiger partial charge in [0.2, 0.25) is 0 Å². The summed E-state index contributed by atoms with van der Waals surface area (Å²) in [6.45, 7) is 8.78. The molecule has 49 heavy (non-hydrogen) atoms. The molecule has 2 aliphatic rings. The molecule has 2 aliphatic heterocycles. The van der Waals surface area contributed by atoms with Crippen LogP contribution < -0.4 is 14.8 Å². The number of H-pyrrole nitrogens is 1. The molecule has 0 radical (unpaired) electrons. The van der Waals surface area contributed by atoms with Gasteiger partial charge in [-0.05, 0) is 57.0 Å². The third-order valence-corrected chi connectivity index (χ3v) is 8.14. The highest BCUT2D eigenvalue weighted by Gasteiger charge is 2.45. The zero-order chi connectivity index (χ0) is 34.8. The van der Waals surface area contributed by atoms with E-state index in [1.54, 1.807) is 54.9 Å². The van der Waals surface area contributed by atoms with Gasteiger partial charge in [0.1, 0.15) is 47.8 Å². The fourth-order valence-corrected chi connectivity index (χ4v) is 5.53. The molecule has 1 saturated heterocycles. The van der Waals surface area contributed by atoms with Crippen LogP contribution >= 0.6 is 0 Å². The molecule has 0 amide bonds. The van der Waals surface area contributed by atoms with Gasteiger partial charge in [0.05, 0.1) is 18.2 Å². The summed E-state index contributed by atoms with van der Waals surface area (Å²) in [6.07, 6.45) is 8.82. The van der Waals surface area contributed by atoms with Crippen LogP contribution in [0, 0.1) is 5.92 Å². The summed E-state index contributed by atoms with van der Waals surface area (Å²) in [4.78, 5) is 34.3.